The molecule has 1 saturated carbocycles. The van der Waals surface area contributed by atoms with Crippen LogP contribution >= 0.6 is 0 Å². The normalized spacial score (nSPS) is 47.3. The summed E-state index contributed by atoms with van der Waals surface area (Å²) >= 11 is 0. The van der Waals surface area contributed by atoms with Crippen LogP contribution in [-0.4, -0.2) is 5.78 Å². The van der Waals surface area contributed by atoms with Crippen molar-refractivity contribution in [2.24, 2.45) is 23.7 Å². The van der Waals surface area contributed by atoms with Gasteiger partial charge in [-0.3, -0.25) is 4.79 Å². The van der Waals surface area contributed by atoms with Gasteiger partial charge in [0.15, 0.2) is 0 Å². The summed E-state index contributed by atoms with van der Waals surface area (Å²) in [5.74, 6) is 2.43. The van der Waals surface area contributed by atoms with Crippen molar-refractivity contribution in [1.82, 2.24) is 0 Å². The molecule has 3 aliphatic rings. The highest BCUT2D eigenvalue weighted by Crippen LogP contribution is 2.49. The summed E-state index contributed by atoms with van der Waals surface area (Å²) in [7, 11) is 0. The Morgan fingerprint density at radius 3 is 1.93 bits per heavy atom. The highest BCUT2D eigenvalue weighted by molar-refractivity contribution is 5.92. The summed E-state index contributed by atoms with van der Waals surface area (Å²) in [5.41, 5.74) is 0. The predicted octanol–water partition coefficient (Wildman–Crippen LogP) is 2.73. The molecule has 3 aliphatic carbocycles. The molecule has 0 aromatic rings. The van der Waals surface area contributed by atoms with Gasteiger partial charge >= 0.3 is 0 Å². The number of fused-ring (bicyclic) bond motifs is 5. The van der Waals surface area contributed by atoms with Gasteiger partial charge in [0.2, 0.25) is 0 Å². The molecule has 0 N–H and O–H groups in total. The van der Waals surface area contributed by atoms with Gasteiger partial charge in [0.25, 0.3) is 0 Å². The Hall–Kier alpha value is -0.850. The lowest BCUT2D eigenvalue weighted by atomic mass is 9.77. The molecule has 1 nitrogen and oxygen atoms in total. The molecule has 0 aromatic heterocycles. The minimum absolute atomic E-state index is 0.288. The number of rotatable bonds is 0. The largest absolute Gasteiger partial charge is 0.298 e. The van der Waals surface area contributed by atoms with Crippen molar-refractivity contribution in [1.29, 1.82) is 0 Å². The van der Waals surface area contributed by atoms with E-state index in [2.05, 4.69) is 24.3 Å². The summed E-state index contributed by atoms with van der Waals surface area (Å²) in [6, 6.07) is 0. The Labute approximate surface area is 84.9 Å². The predicted molar refractivity (Wildman–Crippen MR) is 55.7 cm³/mol. The third-order valence-corrected chi connectivity index (χ3v) is 4.16. The van der Waals surface area contributed by atoms with Crippen molar-refractivity contribution in [2.75, 3.05) is 0 Å². The fourth-order valence-corrected chi connectivity index (χ4v) is 3.49. The van der Waals surface area contributed by atoms with E-state index in [4.69, 9.17) is 0 Å². The van der Waals surface area contributed by atoms with Gasteiger partial charge < -0.3 is 0 Å². The van der Waals surface area contributed by atoms with E-state index in [1.807, 2.05) is 0 Å². The van der Waals surface area contributed by atoms with E-state index in [1.165, 1.54) is 25.7 Å². The van der Waals surface area contributed by atoms with Crippen molar-refractivity contribution in [3.8, 4) is 0 Å². The molecule has 0 aromatic carbocycles. The number of carbonyl (C=O) groups is 1. The molecule has 4 unspecified atom stereocenters. The first-order chi connectivity index (χ1) is 6.88. The van der Waals surface area contributed by atoms with Crippen LogP contribution in [0.15, 0.2) is 24.3 Å². The van der Waals surface area contributed by atoms with Crippen molar-refractivity contribution in [3.63, 3.8) is 0 Å². The number of hydrogen-bond donors (Lipinski definition) is 0. The number of allylic oxidation sites excluding steroid dienone is 4. The molecular formula is C13H16O. The molecule has 0 aliphatic heterocycles. The van der Waals surface area contributed by atoms with Crippen molar-refractivity contribution in [3.05, 3.63) is 24.3 Å². The molecule has 14 heavy (non-hydrogen) atoms. The van der Waals surface area contributed by atoms with Gasteiger partial charge in [-0.1, -0.05) is 24.3 Å². The maximum absolute atomic E-state index is 11.9. The molecule has 0 saturated heterocycles. The topological polar surface area (TPSA) is 17.1 Å². The van der Waals surface area contributed by atoms with Crippen LogP contribution in [0.1, 0.15) is 25.7 Å². The summed E-state index contributed by atoms with van der Waals surface area (Å²) in [4.78, 5) is 11.9. The fourth-order valence-electron chi connectivity index (χ4n) is 3.49. The molecular weight excluding hydrogens is 172 g/mol. The second kappa shape index (κ2) is 3.08. The van der Waals surface area contributed by atoms with Gasteiger partial charge in [-0.25, -0.2) is 0 Å². The average molecular weight is 188 g/mol. The van der Waals surface area contributed by atoms with E-state index >= 15 is 0 Å². The van der Waals surface area contributed by atoms with Crippen molar-refractivity contribution in [2.45, 2.75) is 25.7 Å². The Balaban J connectivity index is 1.90. The molecule has 3 rings (SSSR count). The minimum Gasteiger partial charge on any atom is -0.298 e. The monoisotopic (exact) mass is 188 g/mol. The Morgan fingerprint density at radius 2 is 1.43 bits per heavy atom. The van der Waals surface area contributed by atoms with Crippen LogP contribution in [0.2, 0.25) is 0 Å². The quantitative estimate of drug-likeness (QED) is 0.534. The number of carbonyl (C=O) groups excluding carboxylic acids is 1. The van der Waals surface area contributed by atoms with Gasteiger partial charge in [0.05, 0.1) is 0 Å². The zero-order valence-corrected chi connectivity index (χ0v) is 8.36. The van der Waals surface area contributed by atoms with E-state index in [0.717, 1.165) is 0 Å². The number of hydrogen-bond acceptors (Lipinski definition) is 1. The lowest BCUT2D eigenvalue weighted by molar-refractivity contribution is -0.121. The van der Waals surface area contributed by atoms with Crippen LogP contribution in [-0.2, 0) is 4.79 Å². The van der Waals surface area contributed by atoms with Crippen LogP contribution in [0.3, 0.4) is 0 Å². The average Bonchev–Trinajstić information content (AvgIpc) is 2.59. The van der Waals surface area contributed by atoms with Crippen LogP contribution in [0.4, 0.5) is 0 Å². The smallest absolute Gasteiger partial charge is 0.147 e. The molecule has 1 heteroatoms. The molecule has 1 fully saturated rings. The Morgan fingerprint density at radius 1 is 0.929 bits per heavy atom. The standard InChI is InChI=1S/C13H16O/c14-13-11-7-8-12(13)10-6-4-2-1-3-5-9(10)11/h1-2,7-12H,3-6H2/b2-1-. The van der Waals surface area contributed by atoms with Gasteiger partial charge in [0.1, 0.15) is 5.78 Å². The Kier molecular flexibility index (Phi) is 1.86. The van der Waals surface area contributed by atoms with E-state index in [0.29, 0.717) is 17.6 Å². The maximum Gasteiger partial charge on any atom is 0.147 e. The first-order valence-electron chi connectivity index (χ1n) is 5.75. The molecule has 2 bridgehead atoms. The zero-order chi connectivity index (χ0) is 9.54. The van der Waals surface area contributed by atoms with Crippen LogP contribution in [0.25, 0.3) is 0 Å². The molecule has 4 atom stereocenters. The summed E-state index contributed by atoms with van der Waals surface area (Å²) in [6.45, 7) is 0. The molecule has 0 spiro atoms. The van der Waals surface area contributed by atoms with Gasteiger partial charge in [0, 0.05) is 11.8 Å². The highest BCUT2D eigenvalue weighted by atomic mass is 16.1. The fraction of sp³-hybridized carbons (Fsp3) is 0.615. The van der Waals surface area contributed by atoms with Gasteiger partial charge in [-0.2, -0.15) is 0 Å². The van der Waals surface area contributed by atoms with Gasteiger partial charge in [-0.05, 0) is 37.5 Å². The van der Waals surface area contributed by atoms with Crippen LogP contribution in [0, 0.1) is 23.7 Å². The van der Waals surface area contributed by atoms with Crippen LogP contribution < -0.4 is 0 Å². The molecule has 74 valence electrons. The maximum atomic E-state index is 11.9. The summed E-state index contributed by atoms with van der Waals surface area (Å²) < 4.78 is 0. The van der Waals surface area contributed by atoms with Crippen molar-refractivity contribution < 1.29 is 4.79 Å². The lowest BCUT2D eigenvalue weighted by Crippen LogP contribution is -2.20. The first kappa shape index (κ1) is 8.46. The highest BCUT2D eigenvalue weighted by Gasteiger charge is 2.49. The number of ketones is 1. The van der Waals surface area contributed by atoms with E-state index < -0.39 is 0 Å². The Bertz CT molecular complexity index is 285. The zero-order valence-electron chi connectivity index (χ0n) is 8.36. The third kappa shape index (κ3) is 1.05. The first-order valence-corrected chi connectivity index (χ1v) is 5.75. The second-order valence-electron chi connectivity index (χ2n) is 4.79. The lowest BCUT2D eigenvalue weighted by Gasteiger charge is -2.27. The van der Waals surface area contributed by atoms with E-state index in [9.17, 15) is 4.79 Å². The summed E-state index contributed by atoms with van der Waals surface area (Å²) in [6.07, 6.45) is 13.7. The second-order valence-corrected chi connectivity index (χ2v) is 4.79. The minimum atomic E-state index is 0.288. The van der Waals surface area contributed by atoms with Crippen LogP contribution in [0.5, 0.6) is 0 Å². The van der Waals surface area contributed by atoms with E-state index in [-0.39, 0.29) is 11.8 Å². The summed E-state index contributed by atoms with van der Waals surface area (Å²) in [5, 5.41) is 0. The number of Topliss-reactive ketones (excluding diaryl/α,β-unsaturated/α-hetero) is 1. The SMILES string of the molecule is O=C1C2C=CC1C1CC/C=C\CCC21. The van der Waals surface area contributed by atoms with E-state index in [1.54, 1.807) is 0 Å². The third-order valence-electron chi connectivity index (χ3n) is 4.16. The van der Waals surface area contributed by atoms with Crippen molar-refractivity contribution >= 4 is 5.78 Å². The molecule has 0 amide bonds. The molecule has 0 heterocycles. The van der Waals surface area contributed by atoms with Gasteiger partial charge in [-0.15, -0.1) is 0 Å². The molecule has 0 radical (unpaired) electrons.